The van der Waals surface area contributed by atoms with Crippen molar-refractivity contribution in [2.45, 2.75) is 79.1 Å². The Balaban J connectivity index is 1.78. The summed E-state index contributed by atoms with van der Waals surface area (Å²) in [5.41, 5.74) is 2.65. The molecule has 0 N–H and O–H groups in total. The fraction of sp³-hybridized carbons (Fsp3) is 0.577. The second kappa shape index (κ2) is 13.1. The van der Waals surface area contributed by atoms with E-state index in [1.165, 1.54) is 44.1 Å². The van der Waals surface area contributed by atoms with Gasteiger partial charge in [-0.05, 0) is 48.8 Å². The van der Waals surface area contributed by atoms with Gasteiger partial charge in [0.05, 0.1) is 12.2 Å². The molecule has 0 aliphatic heterocycles. The van der Waals surface area contributed by atoms with Crippen molar-refractivity contribution in [2.24, 2.45) is 11.8 Å². The van der Waals surface area contributed by atoms with Crippen molar-refractivity contribution in [3.05, 3.63) is 47.8 Å². The molecule has 0 radical (unpaired) electrons. The third-order valence-corrected chi connectivity index (χ3v) is 5.48. The first-order valence-electron chi connectivity index (χ1n) is 11.6. The highest BCUT2D eigenvalue weighted by atomic mass is 16.5. The van der Waals surface area contributed by atoms with Crippen LogP contribution in [0.3, 0.4) is 0 Å². The Morgan fingerprint density at radius 3 is 2.27 bits per heavy atom. The minimum absolute atomic E-state index is 0.261. The molecule has 0 saturated heterocycles. The molecule has 1 atom stereocenters. The maximum absolute atomic E-state index is 12.3. The molecule has 2 rings (SSSR count). The number of hydrogen-bond donors (Lipinski definition) is 0. The highest BCUT2D eigenvalue weighted by molar-refractivity contribution is 5.89. The second-order valence-electron chi connectivity index (χ2n) is 8.80. The van der Waals surface area contributed by atoms with Crippen LogP contribution in [0.2, 0.25) is 0 Å². The number of rotatable bonds is 13. The molecule has 1 heterocycles. The van der Waals surface area contributed by atoms with E-state index in [9.17, 15) is 4.79 Å². The number of nitrogens with zero attached hydrogens (tertiary/aromatic N) is 2. The number of hydrogen-bond acceptors (Lipinski definition) is 4. The van der Waals surface area contributed by atoms with Crippen molar-refractivity contribution in [1.82, 2.24) is 9.97 Å². The lowest BCUT2D eigenvalue weighted by Gasteiger charge is -2.12. The zero-order valence-electron chi connectivity index (χ0n) is 19.2. The molecule has 1 unspecified atom stereocenters. The van der Waals surface area contributed by atoms with Crippen LogP contribution in [0.5, 0.6) is 0 Å². The zero-order chi connectivity index (χ0) is 21.8. The first-order valence-corrected chi connectivity index (χ1v) is 11.6. The van der Waals surface area contributed by atoms with E-state index in [0.717, 1.165) is 24.3 Å². The van der Waals surface area contributed by atoms with Gasteiger partial charge in [0.15, 0.2) is 5.82 Å². The first-order chi connectivity index (χ1) is 14.5. The van der Waals surface area contributed by atoms with E-state index in [1.54, 1.807) is 12.1 Å². The topological polar surface area (TPSA) is 52.1 Å². The molecule has 30 heavy (non-hydrogen) atoms. The molecule has 2 aromatic rings. The first kappa shape index (κ1) is 24.0. The summed E-state index contributed by atoms with van der Waals surface area (Å²) in [6.07, 6.45) is 13.1. The van der Waals surface area contributed by atoms with Gasteiger partial charge in [0.2, 0.25) is 0 Å². The molecular formula is C26H38N2O2. The molecule has 0 amide bonds. The van der Waals surface area contributed by atoms with Crippen molar-refractivity contribution in [3.63, 3.8) is 0 Å². The summed E-state index contributed by atoms with van der Waals surface area (Å²) in [6, 6.07) is 7.36. The van der Waals surface area contributed by atoms with Crippen LogP contribution in [-0.2, 0) is 11.2 Å². The number of carbonyl (C=O) groups excluding carboxylic acids is 1. The zero-order valence-corrected chi connectivity index (χ0v) is 19.2. The van der Waals surface area contributed by atoms with Crippen LogP contribution in [0, 0.1) is 11.8 Å². The Labute approximate surface area is 182 Å². The van der Waals surface area contributed by atoms with E-state index in [2.05, 4.69) is 37.7 Å². The summed E-state index contributed by atoms with van der Waals surface area (Å²) < 4.78 is 5.46. The van der Waals surface area contributed by atoms with Crippen LogP contribution in [-0.4, -0.2) is 22.5 Å². The summed E-state index contributed by atoms with van der Waals surface area (Å²) in [5.74, 6) is 1.76. The van der Waals surface area contributed by atoms with E-state index in [-0.39, 0.29) is 5.97 Å². The Morgan fingerprint density at radius 2 is 1.63 bits per heavy atom. The van der Waals surface area contributed by atoms with Crippen LogP contribution in [0.15, 0.2) is 36.7 Å². The minimum Gasteiger partial charge on any atom is -0.462 e. The lowest BCUT2D eigenvalue weighted by Crippen LogP contribution is -2.09. The largest absolute Gasteiger partial charge is 0.462 e. The molecule has 4 heteroatoms. The Hall–Kier alpha value is -2.23. The second-order valence-corrected chi connectivity index (χ2v) is 8.80. The highest BCUT2D eigenvalue weighted by Gasteiger charge is 2.10. The number of ether oxygens (including phenoxy) is 1. The SMILES string of the molecule is CCCCCc1cnc(-c2ccc(C(=O)OCCC(C)CCCC(C)C)cc2)nc1. The molecular weight excluding hydrogens is 372 g/mol. The maximum Gasteiger partial charge on any atom is 0.338 e. The van der Waals surface area contributed by atoms with E-state index in [4.69, 9.17) is 4.74 Å². The minimum atomic E-state index is -0.261. The average molecular weight is 411 g/mol. The smallest absolute Gasteiger partial charge is 0.338 e. The quantitative estimate of drug-likeness (QED) is 0.267. The van der Waals surface area contributed by atoms with Crippen molar-refractivity contribution >= 4 is 5.97 Å². The van der Waals surface area contributed by atoms with Crippen molar-refractivity contribution in [2.75, 3.05) is 6.61 Å². The van der Waals surface area contributed by atoms with E-state index >= 15 is 0 Å². The van der Waals surface area contributed by atoms with Gasteiger partial charge < -0.3 is 4.74 Å². The summed E-state index contributed by atoms with van der Waals surface area (Å²) in [4.78, 5) is 21.3. The van der Waals surface area contributed by atoms with Gasteiger partial charge in [-0.25, -0.2) is 14.8 Å². The van der Waals surface area contributed by atoms with Gasteiger partial charge >= 0.3 is 5.97 Å². The Morgan fingerprint density at radius 1 is 0.933 bits per heavy atom. The lowest BCUT2D eigenvalue weighted by atomic mass is 9.98. The maximum atomic E-state index is 12.3. The highest BCUT2D eigenvalue weighted by Crippen LogP contribution is 2.18. The number of esters is 1. The van der Waals surface area contributed by atoms with Gasteiger partial charge in [0.1, 0.15) is 0 Å². The van der Waals surface area contributed by atoms with Gasteiger partial charge in [-0.15, -0.1) is 0 Å². The molecule has 0 fully saturated rings. The van der Waals surface area contributed by atoms with Crippen LogP contribution >= 0.6 is 0 Å². The number of carbonyl (C=O) groups is 1. The summed E-state index contributed by atoms with van der Waals surface area (Å²) in [7, 11) is 0. The predicted molar refractivity (Wildman–Crippen MR) is 123 cm³/mol. The molecule has 0 aliphatic rings. The van der Waals surface area contributed by atoms with Crippen molar-refractivity contribution < 1.29 is 9.53 Å². The molecule has 0 saturated carbocycles. The summed E-state index contributed by atoms with van der Waals surface area (Å²) in [6.45, 7) is 9.43. The van der Waals surface area contributed by atoms with Crippen LogP contribution in [0.1, 0.15) is 88.6 Å². The van der Waals surface area contributed by atoms with E-state index in [1.807, 2.05) is 24.5 Å². The Bertz CT molecular complexity index is 739. The van der Waals surface area contributed by atoms with Gasteiger partial charge in [-0.2, -0.15) is 0 Å². The van der Waals surface area contributed by atoms with E-state index in [0.29, 0.717) is 23.9 Å². The van der Waals surface area contributed by atoms with E-state index < -0.39 is 0 Å². The summed E-state index contributed by atoms with van der Waals surface area (Å²) >= 11 is 0. The molecule has 1 aromatic heterocycles. The molecule has 0 spiro atoms. The number of aromatic nitrogens is 2. The number of benzene rings is 1. The van der Waals surface area contributed by atoms with Gasteiger partial charge in [-0.3, -0.25) is 0 Å². The molecule has 0 bridgehead atoms. The standard InChI is InChI=1S/C26H38N2O2/c1-5-6-7-11-22-18-27-25(28-19-22)23-12-14-24(15-13-23)26(29)30-17-16-21(4)10-8-9-20(2)3/h12-15,18-21H,5-11,16-17H2,1-4H3. The molecule has 4 nitrogen and oxygen atoms in total. The lowest BCUT2D eigenvalue weighted by molar-refractivity contribution is 0.0483. The number of aryl methyl sites for hydroxylation is 1. The third kappa shape index (κ3) is 8.64. The number of unbranched alkanes of at least 4 members (excludes halogenated alkanes) is 2. The molecule has 1 aromatic carbocycles. The predicted octanol–water partition coefficient (Wildman–Crippen LogP) is 6.89. The normalized spacial score (nSPS) is 12.2. The van der Waals surface area contributed by atoms with Crippen molar-refractivity contribution in [1.29, 1.82) is 0 Å². The van der Waals surface area contributed by atoms with Crippen molar-refractivity contribution in [3.8, 4) is 11.4 Å². The van der Waals surface area contributed by atoms with Gasteiger partial charge in [0, 0.05) is 18.0 Å². The fourth-order valence-electron chi connectivity index (χ4n) is 3.42. The molecule has 0 aliphatic carbocycles. The fourth-order valence-corrected chi connectivity index (χ4v) is 3.42. The summed E-state index contributed by atoms with van der Waals surface area (Å²) in [5, 5.41) is 0. The van der Waals surface area contributed by atoms with Gasteiger partial charge in [-0.1, -0.05) is 71.9 Å². The molecule has 164 valence electrons. The van der Waals surface area contributed by atoms with Crippen LogP contribution in [0.25, 0.3) is 11.4 Å². The third-order valence-electron chi connectivity index (χ3n) is 5.48. The van der Waals surface area contributed by atoms with Crippen LogP contribution in [0.4, 0.5) is 0 Å². The average Bonchev–Trinajstić information content (AvgIpc) is 2.74. The van der Waals surface area contributed by atoms with Crippen LogP contribution < -0.4 is 0 Å². The monoisotopic (exact) mass is 410 g/mol. The Kier molecular flexibility index (Phi) is 10.5. The van der Waals surface area contributed by atoms with Gasteiger partial charge in [0.25, 0.3) is 0 Å².